The minimum Gasteiger partial charge on any atom is -0.404 e. The first-order chi connectivity index (χ1) is 12.7. The van der Waals surface area contributed by atoms with E-state index in [1.165, 1.54) is 14.2 Å². The lowest BCUT2D eigenvalue weighted by molar-refractivity contribution is 0.0894. The lowest BCUT2D eigenvalue weighted by Gasteiger charge is -2.17. The highest BCUT2D eigenvalue weighted by molar-refractivity contribution is 6.36. The van der Waals surface area contributed by atoms with Gasteiger partial charge in [0.05, 0.1) is 0 Å². The molecular formula is C15H20F5NO5Si. The van der Waals surface area contributed by atoms with E-state index in [4.69, 9.17) is 13.3 Å². The summed E-state index contributed by atoms with van der Waals surface area (Å²) in [4.78, 5) is 11.5. The topological polar surface area (TPSA) is 66.0 Å². The van der Waals surface area contributed by atoms with Gasteiger partial charge < -0.3 is 23.3 Å². The quantitative estimate of drug-likeness (QED) is 0.208. The highest BCUT2D eigenvalue weighted by Gasteiger charge is 2.28. The van der Waals surface area contributed by atoms with Gasteiger partial charge in [-0.1, -0.05) is 0 Å². The van der Waals surface area contributed by atoms with Gasteiger partial charge >= 0.3 is 15.6 Å². The summed E-state index contributed by atoms with van der Waals surface area (Å²) in [5, 5.41) is 2.16. The third kappa shape index (κ3) is 6.72. The number of carbonyl (C=O) groups is 1. The molecule has 0 radical (unpaired) electrons. The summed E-state index contributed by atoms with van der Waals surface area (Å²) in [7, 11) is 0.823. The van der Waals surface area contributed by atoms with Crippen LogP contribution in [-0.4, -0.2) is 42.5 Å². The Kier molecular flexibility index (Phi) is 9.62. The highest BCUT2D eigenvalue weighted by Crippen LogP contribution is 2.29. The van der Waals surface area contributed by atoms with E-state index in [0.29, 0.717) is 19.3 Å². The zero-order valence-electron chi connectivity index (χ0n) is 14.9. The Morgan fingerprint density at radius 2 is 1.48 bits per heavy atom. The molecule has 12 heteroatoms. The molecule has 1 unspecified atom stereocenters. The number of nitrogens with one attached hydrogen (secondary N) is 1. The van der Waals surface area contributed by atoms with E-state index in [2.05, 4.69) is 10.1 Å². The van der Waals surface area contributed by atoms with E-state index < -0.39 is 50.5 Å². The van der Waals surface area contributed by atoms with Crippen molar-refractivity contribution in [3.8, 4) is 5.75 Å². The Labute approximate surface area is 154 Å². The molecule has 154 valence electrons. The Bertz CT molecular complexity index is 619. The first kappa shape index (κ1) is 23.3. The average molecular weight is 417 g/mol. The van der Waals surface area contributed by atoms with Crippen molar-refractivity contribution in [2.45, 2.75) is 32.3 Å². The van der Waals surface area contributed by atoms with E-state index in [0.717, 1.165) is 0 Å². The smallest absolute Gasteiger partial charge is 0.404 e. The third-order valence-corrected chi connectivity index (χ3v) is 4.86. The molecule has 0 heterocycles. The van der Waals surface area contributed by atoms with E-state index in [9.17, 15) is 26.7 Å². The molecule has 0 aliphatic heterocycles. The standard InChI is InChI=1S/C15H20F5NO5Si/c1-8(26-27(23-2)24-3)6-4-5-7-21-15(22)25-14-12(19)10(17)9(16)11(18)13(14)20/h8,27H,4-7H2,1-3H3,(H,21,22). The number of ether oxygens (including phenoxy) is 1. The Balaban J connectivity index is 2.41. The van der Waals surface area contributed by atoms with Gasteiger partial charge in [0.25, 0.3) is 0 Å². The number of halogens is 5. The molecule has 1 aromatic rings. The molecule has 0 fully saturated rings. The molecule has 0 bridgehead atoms. The van der Waals surface area contributed by atoms with Crippen LogP contribution in [0.1, 0.15) is 26.2 Å². The van der Waals surface area contributed by atoms with Crippen molar-refractivity contribution in [1.29, 1.82) is 0 Å². The monoisotopic (exact) mass is 417 g/mol. The van der Waals surface area contributed by atoms with Crippen molar-refractivity contribution < 1.29 is 44.8 Å². The summed E-state index contributed by atoms with van der Waals surface area (Å²) in [6, 6.07) is 0. The van der Waals surface area contributed by atoms with Crippen molar-refractivity contribution >= 4 is 15.6 Å². The summed E-state index contributed by atoms with van der Waals surface area (Å²) < 4.78 is 85.5. The molecule has 0 aromatic heterocycles. The van der Waals surface area contributed by atoms with Gasteiger partial charge in [-0.15, -0.1) is 0 Å². The average Bonchev–Trinajstić information content (AvgIpc) is 2.66. The fraction of sp³-hybridized carbons (Fsp3) is 0.533. The molecule has 1 rings (SSSR count). The van der Waals surface area contributed by atoms with E-state index in [-0.39, 0.29) is 12.6 Å². The van der Waals surface area contributed by atoms with Gasteiger partial charge in [0.2, 0.25) is 34.8 Å². The fourth-order valence-electron chi connectivity index (χ4n) is 2.02. The van der Waals surface area contributed by atoms with Crippen molar-refractivity contribution in [2.75, 3.05) is 20.8 Å². The van der Waals surface area contributed by atoms with E-state index in [1.807, 2.05) is 6.92 Å². The number of rotatable bonds is 10. The minimum absolute atomic E-state index is 0.0658. The fourth-order valence-corrected chi connectivity index (χ4v) is 2.95. The lowest BCUT2D eigenvalue weighted by atomic mass is 10.2. The summed E-state index contributed by atoms with van der Waals surface area (Å²) in [5.41, 5.74) is 0. The second kappa shape index (κ2) is 11.2. The number of amides is 1. The molecular weight excluding hydrogens is 397 g/mol. The van der Waals surface area contributed by atoms with Crippen molar-refractivity contribution in [3.05, 3.63) is 29.1 Å². The van der Waals surface area contributed by atoms with E-state index in [1.54, 1.807) is 0 Å². The SMILES string of the molecule is CO[SiH](OC)OC(C)CCCCNC(=O)Oc1c(F)c(F)c(F)c(F)c1F. The maximum absolute atomic E-state index is 13.4. The lowest BCUT2D eigenvalue weighted by Crippen LogP contribution is -2.30. The van der Waals surface area contributed by atoms with Gasteiger partial charge in [-0.05, 0) is 26.2 Å². The highest BCUT2D eigenvalue weighted by atomic mass is 28.3. The number of hydrogen-bond acceptors (Lipinski definition) is 5. The normalized spacial score (nSPS) is 12.3. The van der Waals surface area contributed by atoms with Gasteiger partial charge in [-0.25, -0.2) is 18.0 Å². The zero-order valence-corrected chi connectivity index (χ0v) is 16.1. The van der Waals surface area contributed by atoms with Gasteiger partial charge in [0, 0.05) is 26.9 Å². The Hall–Kier alpha value is -1.76. The molecule has 1 atom stereocenters. The van der Waals surface area contributed by atoms with Crippen molar-refractivity contribution in [2.24, 2.45) is 0 Å². The number of benzene rings is 1. The van der Waals surface area contributed by atoms with Crippen LogP contribution in [0.5, 0.6) is 5.75 Å². The molecule has 0 aliphatic rings. The largest absolute Gasteiger partial charge is 0.483 e. The van der Waals surface area contributed by atoms with Crippen LogP contribution in [0.4, 0.5) is 26.7 Å². The van der Waals surface area contributed by atoms with Crippen LogP contribution in [0.25, 0.3) is 0 Å². The molecule has 0 saturated carbocycles. The Morgan fingerprint density at radius 1 is 0.963 bits per heavy atom. The van der Waals surface area contributed by atoms with E-state index >= 15 is 0 Å². The van der Waals surface area contributed by atoms with Gasteiger partial charge in [0.1, 0.15) is 0 Å². The summed E-state index contributed by atoms with van der Waals surface area (Å²) in [6.45, 7) is 1.89. The first-order valence-electron chi connectivity index (χ1n) is 7.91. The summed E-state index contributed by atoms with van der Waals surface area (Å²) in [5.74, 6) is -12.8. The second-order valence-electron chi connectivity index (χ2n) is 5.42. The molecule has 0 spiro atoms. The molecule has 0 saturated heterocycles. The summed E-state index contributed by atoms with van der Waals surface area (Å²) in [6.07, 6.45) is 0.241. The molecule has 6 nitrogen and oxygen atoms in total. The molecule has 1 amide bonds. The second-order valence-corrected chi connectivity index (χ2v) is 7.21. The van der Waals surface area contributed by atoms with Crippen LogP contribution in [0.15, 0.2) is 0 Å². The maximum Gasteiger partial charge on any atom is 0.483 e. The maximum atomic E-state index is 13.4. The number of unbranched alkanes of at least 4 members (excludes halogenated alkanes) is 1. The molecule has 27 heavy (non-hydrogen) atoms. The van der Waals surface area contributed by atoms with Crippen LogP contribution < -0.4 is 10.1 Å². The third-order valence-electron chi connectivity index (χ3n) is 3.40. The number of hydrogen-bond donors (Lipinski definition) is 1. The van der Waals surface area contributed by atoms with Gasteiger partial charge in [-0.3, -0.25) is 0 Å². The van der Waals surface area contributed by atoms with Crippen LogP contribution >= 0.6 is 0 Å². The zero-order chi connectivity index (χ0) is 20.6. The van der Waals surface area contributed by atoms with Gasteiger partial charge in [0.15, 0.2) is 0 Å². The molecule has 1 N–H and O–H groups in total. The van der Waals surface area contributed by atoms with Crippen molar-refractivity contribution in [1.82, 2.24) is 5.32 Å². The van der Waals surface area contributed by atoms with Crippen LogP contribution in [-0.2, 0) is 13.3 Å². The van der Waals surface area contributed by atoms with Crippen LogP contribution in [0, 0.1) is 29.1 Å². The molecule has 0 aliphatic carbocycles. The van der Waals surface area contributed by atoms with Crippen molar-refractivity contribution in [3.63, 3.8) is 0 Å². The Morgan fingerprint density at radius 3 is 2.00 bits per heavy atom. The predicted octanol–water partition coefficient (Wildman–Crippen LogP) is 3.06. The predicted molar refractivity (Wildman–Crippen MR) is 85.8 cm³/mol. The van der Waals surface area contributed by atoms with Crippen LogP contribution in [0.3, 0.4) is 0 Å². The first-order valence-corrected chi connectivity index (χ1v) is 9.32. The van der Waals surface area contributed by atoms with Gasteiger partial charge in [-0.2, -0.15) is 8.78 Å². The molecule has 1 aromatic carbocycles. The minimum atomic E-state index is -2.33. The van der Waals surface area contributed by atoms with Crippen LogP contribution in [0.2, 0.25) is 0 Å². The number of carbonyl (C=O) groups excluding carboxylic acids is 1. The summed E-state index contributed by atoms with van der Waals surface area (Å²) >= 11 is 0.